The van der Waals surface area contributed by atoms with E-state index in [1.165, 1.54) is 6.07 Å². The zero-order valence-corrected chi connectivity index (χ0v) is 18.3. The Hall–Kier alpha value is -1.52. The molecule has 2 aliphatic rings. The number of nitrogens with two attached hydrogens (primary N) is 1. The number of para-hydroxylation sites is 1. The van der Waals surface area contributed by atoms with E-state index in [9.17, 15) is 19.7 Å². The Morgan fingerprint density at radius 3 is 2.53 bits per heavy atom. The van der Waals surface area contributed by atoms with E-state index in [-0.39, 0.29) is 42.0 Å². The zero-order chi connectivity index (χ0) is 20.1. The molecule has 1 fully saturated rings. The summed E-state index contributed by atoms with van der Waals surface area (Å²) in [6, 6.07) is 5.31. The van der Waals surface area contributed by atoms with Gasteiger partial charge in [0.05, 0.1) is 11.5 Å². The number of carboxylic acid groups (broad SMARTS) is 1. The number of hydrogen-bond donors (Lipinski definition) is 5. The minimum absolute atomic E-state index is 0. The van der Waals surface area contributed by atoms with Crippen LogP contribution in [0.25, 0.3) is 0 Å². The van der Waals surface area contributed by atoms with Crippen LogP contribution < -0.4 is 21.0 Å². The molecule has 0 spiro atoms. The Labute approximate surface area is 189 Å². The van der Waals surface area contributed by atoms with Crippen LogP contribution in [0.4, 0.5) is 0 Å². The summed E-state index contributed by atoms with van der Waals surface area (Å²) < 4.78 is 5.42. The highest BCUT2D eigenvalue weighted by molar-refractivity contribution is 6.47. The van der Waals surface area contributed by atoms with Gasteiger partial charge in [0.1, 0.15) is 5.75 Å². The van der Waals surface area contributed by atoms with Crippen molar-refractivity contribution in [1.29, 1.82) is 0 Å². The Morgan fingerprint density at radius 1 is 1.20 bits per heavy atom. The molecular weight excluding hydrogens is 432 g/mol. The maximum absolute atomic E-state index is 12.5. The third-order valence-electron chi connectivity index (χ3n) is 5.59. The number of aromatic carboxylic acids is 1. The summed E-state index contributed by atoms with van der Waals surface area (Å²) >= 11 is 0. The summed E-state index contributed by atoms with van der Waals surface area (Å²) in [7, 11) is -1.27. The number of halogens is 2. The van der Waals surface area contributed by atoms with Crippen molar-refractivity contribution in [2.45, 2.75) is 50.5 Å². The van der Waals surface area contributed by atoms with Crippen molar-refractivity contribution in [3.63, 3.8) is 0 Å². The van der Waals surface area contributed by atoms with Crippen LogP contribution in [-0.4, -0.2) is 54.2 Å². The highest BCUT2D eigenvalue weighted by atomic mass is 35.5. The predicted molar refractivity (Wildman–Crippen MR) is 120 cm³/mol. The molecule has 0 bridgehead atoms. The van der Waals surface area contributed by atoms with Crippen molar-refractivity contribution < 1.29 is 24.4 Å². The van der Waals surface area contributed by atoms with Crippen LogP contribution in [0, 0.1) is 5.92 Å². The van der Waals surface area contributed by atoms with Gasteiger partial charge in [0.25, 0.3) is 0 Å². The lowest BCUT2D eigenvalue weighted by Gasteiger charge is -2.31. The molecule has 1 aromatic rings. The van der Waals surface area contributed by atoms with E-state index in [0.717, 1.165) is 32.2 Å². The van der Waals surface area contributed by atoms with E-state index in [4.69, 9.17) is 10.4 Å². The van der Waals surface area contributed by atoms with Gasteiger partial charge in [0.15, 0.2) is 0 Å². The largest absolute Gasteiger partial charge is 0.547 e. The van der Waals surface area contributed by atoms with Crippen molar-refractivity contribution in [2.24, 2.45) is 11.7 Å². The van der Waals surface area contributed by atoms with Crippen LogP contribution >= 0.6 is 24.8 Å². The molecule has 0 saturated heterocycles. The third-order valence-corrected chi connectivity index (χ3v) is 5.59. The van der Waals surface area contributed by atoms with E-state index in [1.54, 1.807) is 12.1 Å². The molecule has 1 heterocycles. The van der Waals surface area contributed by atoms with Crippen LogP contribution in [0.1, 0.15) is 48.0 Å². The molecule has 30 heavy (non-hydrogen) atoms. The Bertz CT molecular complexity index is 719. The molecule has 1 unspecified atom stereocenters. The second kappa shape index (κ2) is 12.4. The van der Waals surface area contributed by atoms with Crippen LogP contribution in [0.2, 0.25) is 0 Å². The van der Waals surface area contributed by atoms with Crippen molar-refractivity contribution in [3.05, 3.63) is 29.3 Å². The van der Waals surface area contributed by atoms with Gasteiger partial charge < -0.3 is 31.2 Å². The number of carboxylic acids is 1. The van der Waals surface area contributed by atoms with Gasteiger partial charge in [0.2, 0.25) is 5.91 Å². The number of rotatable bonds is 7. The fourth-order valence-corrected chi connectivity index (χ4v) is 4.10. The lowest BCUT2D eigenvalue weighted by molar-refractivity contribution is -0.122. The fourth-order valence-electron chi connectivity index (χ4n) is 4.10. The second-order valence-electron chi connectivity index (χ2n) is 7.65. The van der Waals surface area contributed by atoms with Crippen molar-refractivity contribution >= 4 is 43.8 Å². The molecule has 11 heteroatoms. The van der Waals surface area contributed by atoms with E-state index in [2.05, 4.69) is 10.6 Å². The Balaban J connectivity index is 0.00000225. The average molecular weight is 462 g/mol. The minimum Gasteiger partial charge on any atom is -0.534 e. The third kappa shape index (κ3) is 6.75. The molecule has 8 nitrogen and oxygen atoms in total. The number of nitrogens with one attached hydrogen (secondary N) is 2. The molecule has 6 N–H and O–H groups in total. The summed E-state index contributed by atoms with van der Waals surface area (Å²) in [6.45, 7) is 1.45. The lowest BCUT2D eigenvalue weighted by atomic mass is 9.72. The predicted octanol–water partition coefficient (Wildman–Crippen LogP) is 1.16. The van der Waals surface area contributed by atoms with Gasteiger partial charge in [-0.3, -0.25) is 4.79 Å². The quantitative estimate of drug-likeness (QED) is 0.384. The van der Waals surface area contributed by atoms with Crippen LogP contribution in [-0.2, 0) is 11.2 Å². The number of fused-ring (bicyclic) bond motifs is 1. The van der Waals surface area contributed by atoms with E-state index >= 15 is 0 Å². The Morgan fingerprint density at radius 2 is 1.90 bits per heavy atom. The maximum atomic E-state index is 12.5. The van der Waals surface area contributed by atoms with Gasteiger partial charge in [-0.2, -0.15) is 0 Å². The topological polar surface area (TPSA) is 134 Å². The van der Waals surface area contributed by atoms with E-state index < -0.39 is 19.0 Å². The zero-order valence-electron chi connectivity index (χ0n) is 16.7. The molecule has 1 aliphatic carbocycles. The minimum atomic E-state index is -1.27. The first-order chi connectivity index (χ1) is 13.5. The summed E-state index contributed by atoms with van der Waals surface area (Å²) in [5.74, 6) is -1.29. The molecular formula is C19H30BCl2N3O5. The van der Waals surface area contributed by atoms with E-state index in [0.29, 0.717) is 36.9 Å². The second-order valence-corrected chi connectivity index (χ2v) is 7.65. The molecule has 1 aromatic carbocycles. The fraction of sp³-hybridized carbons (Fsp3) is 0.579. The number of amides is 1. The van der Waals surface area contributed by atoms with Crippen molar-refractivity contribution in [3.8, 4) is 5.75 Å². The number of carbonyl (C=O) groups excluding carboxylic acids is 1. The average Bonchev–Trinajstić information content (AvgIpc) is 2.67. The molecule has 0 radical (unpaired) electrons. The molecule has 1 amide bonds. The number of carbonyl (C=O) groups is 2. The maximum Gasteiger partial charge on any atom is 0.547 e. The lowest BCUT2D eigenvalue weighted by Crippen LogP contribution is -2.53. The summed E-state index contributed by atoms with van der Waals surface area (Å²) in [6.07, 6.45) is 4.82. The SMILES string of the molecule is Cl.Cl.NCCNC1CCC(CC(=O)NC2Cc3cccc(C(=O)O)c3OB2O)CC1. The Kier molecular flexibility index (Phi) is 10.9. The normalized spacial score (nSPS) is 22.6. The molecule has 1 atom stereocenters. The van der Waals surface area contributed by atoms with Crippen molar-refractivity contribution in [1.82, 2.24) is 10.6 Å². The van der Waals surface area contributed by atoms with Crippen LogP contribution in [0.5, 0.6) is 5.75 Å². The molecule has 3 rings (SSSR count). The van der Waals surface area contributed by atoms with Crippen LogP contribution in [0.15, 0.2) is 18.2 Å². The monoisotopic (exact) mass is 461 g/mol. The van der Waals surface area contributed by atoms with Gasteiger partial charge in [-0.1, -0.05) is 12.1 Å². The highest BCUT2D eigenvalue weighted by Gasteiger charge is 2.38. The number of hydrogen-bond acceptors (Lipinski definition) is 6. The summed E-state index contributed by atoms with van der Waals surface area (Å²) in [4.78, 5) is 23.8. The standard InChI is InChI=1S/C19H28BN3O5.2ClH/c21-8-9-22-14-6-4-12(5-7-14)10-17(24)23-16-11-13-2-1-3-15(19(25)26)18(13)28-20(16)27;;/h1-3,12,14,16,22,27H,4-11,21H2,(H,23,24)(H,25,26);2*1H. The number of benzene rings is 1. The van der Waals surface area contributed by atoms with E-state index in [1.807, 2.05) is 0 Å². The van der Waals surface area contributed by atoms with Crippen molar-refractivity contribution in [2.75, 3.05) is 13.1 Å². The van der Waals surface area contributed by atoms with Gasteiger partial charge in [-0.05, 0) is 49.7 Å². The first-order valence-corrected chi connectivity index (χ1v) is 9.90. The molecule has 0 aromatic heterocycles. The first-order valence-electron chi connectivity index (χ1n) is 9.90. The van der Waals surface area contributed by atoms with Gasteiger partial charge >= 0.3 is 13.1 Å². The summed E-state index contributed by atoms with van der Waals surface area (Å²) in [5, 5.41) is 25.8. The van der Waals surface area contributed by atoms with Crippen LogP contribution in [0.3, 0.4) is 0 Å². The van der Waals surface area contributed by atoms with Gasteiger partial charge in [-0.25, -0.2) is 4.79 Å². The highest BCUT2D eigenvalue weighted by Crippen LogP contribution is 2.31. The smallest absolute Gasteiger partial charge is 0.534 e. The first kappa shape index (κ1) is 26.5. The molecule has 1 saturated carbocycles. The van der Waals surface area contributed by atoms with Gasteiger partial charge in [-0.15, -0.1) is 24.8 Å². The van der Waals surface area contributed by atoms with Gasteiger partial charge in [0, 0.05) is 25.6 Å². The summed E-state index contributed by atoms with van der Waals surface area (Å²) in [5.41, 5.74) is 6.20. The molecule has 168 valence electrons. The molecule has 1 aliphatic heterocycles.